The van der Waals surface area contributed by atoms with Crippen molar-refractivity contribution in [3.63, 3.8) is 0 Å². The zero-order valence-electron chi connectivity index (χ0n) is 9.82. The molecule has 0 aliphatic heterocycles. The highest BCUT2D eigenvalue weighted by molar-refractivity contribution is 5.82. The predicted octanol–water partition coefficient (Wildman–Crippen LogP) is 1.98. The molecule has 0 amide bonds. The molecule has 4 nitrogen and oxygen atoms in total. The molecule has 0 aromatic heterocycles. The molecule has 0 aromatic carbocycles. The van der Waals surface area contributed by atoms with Gasteiger partial charge in [-0.15, -0.1) is 0 Å². The van der Waals surface area contributed by atoms with Gasteiger partial charge in [-0.3, -0.25) is 4.79 Å². The van der Waals surface area contributed by atoms with E-state index in [1.54, 1.807) is 13.0 Å². The molecule has 0 unspecified atom stereocenters. The first-order valence-corrected chi connectivity index (χ1v) is 5.65. The molecule has 1 aliphatic carbocycles. The van der Waals surface area contributed by atoms with Gasteiger partial charge in [-0.1, -0.05) is 5.57 Å². The molecule has 1 rings (SSSR count). The minimum Gasteiger partial charge on any atom is -0.463 e. The molecule has 1 saturated carbocycles. The van der Waals surface area contributed by atoms with Crippen LogP contribution in [-0.2, 0) is 19.1 Å². The van der Waals surface area contributed by atoms with Gasteiger partial charge in [0, 0.05) is 13.0 Å². The monoisotopic (exact) mass is 226 g/mol. The summed E-state index contributed by atoms with van der Waals surface area (Å²) in [5.74, 6) is -0.508. The molecule has 16 heavy (non-hydrogen) atoms. The lowest BCUT2D eigenvalue weighted by atomic mass is 9.92. The maximum absolute atomic E-state index is 11.2. The summed E-state index contributed by atoms with van der Waals surface area (Å²) in [5, 5.41) is 0. The molecule has 0 saturated heterocycles. The number of hydrogen-bond donors (Lipinski definition) is 0. The Bertz CT molecular complexity index is 283. The van der Waals surface area contributed by atoms with E-state index in [4.69, 9.17) is 9.47 Å². The molecule has 4 heteroatoms. The van der Waals surface area contributed by atoms with Gasteiger partial charge in [0.05, 0.1) is 6.61 Å². The summed E-state index contributed by atoms with van der Waals surface area (Å²) in [6, 6.07) is 0. The number of hydrogen-bond acceptors (Lipinski definition) is 4. The average molecular weight is 226 g/mol. The highest BCUT2D eigenvalue weighted by Gasteiger charge is 2.19. The van der Waals surface area contributed by atoms with Crippen molar-refractivity contribution >= 4 is 11.9 Å². The third kappa shape index (κ3) is 4.47. The zero-order chi connectivity index (χ0) is 12.0. The maximum Gasteiger partial charge on any atom is 0.330 e. The van der Waals surface area contributed by atoms with Gasteiger partial charge in [-0.05, 0) is 32.6 Å². The Labute approximate surface area is 95.6 Å². The first kappa shape index (κ1) is 12.7. The van der Waals surface area contributed by atoms with Crippen molar-refractivity contribution < 1.29 is 19.1 Å². The SMILES string of the molecule is CCOC(=O)C=C1CCC(OC(C)=O)CC1. The normalized spacial score (nSPS) is 20.1. The Morgan fingerprint density at radius 1 is 1.38 bits per heavy atom. The molecular weight excluding hydrogens is 208 g/mol. The second kappa shape index (κ2) is 6.30. The Morgan fingerprint density at radius 2 is 2.00 bits per heavy atom. The summed E-state index contributed by atoms with van der Waals surface area (Å²) in [6.45, 7) is 3.61. The molecule has 0 atom stereocenters. The number of esters is 2. The standard InChI is InChI=1S/C12H18O4/c1-3-15-12(14)8-10-4-6-11(7-5-10)16-9(2)13/h8,11H,3-7H2,1-2H3. The molecule has 1 fully saturated rings. The van der Waals surface area contributed by atoms with Gasteiger partial charge in [-0.2, -0.15) is 0 Å². The van der Waals surface area contributed by atoms with Crippen LogP contribution in [0.15, 0.2) is 11.6 Å². The minimum absolute atomic E-state index is 0.0110. The van der Waals surface area contributed by atoms with Crippen LogP contribution in [-0.4, -0.2) is 24.6 Å². The Morgan fingerprint density at radius 3 is 2.50 bits per heavy atom. The van der Waals surface area contributed by atoms with Gasteiger partial charge in [0.25, 0.3) is 0 Å². The van der Waals surface area contributed by atoms with Crippen molar-refractivity contribution in [2.45, 2.75) is 45.6 Å². The van der Waals surface area contributed by atoms with Crippen LogP contribution in [0, 0.1) is 0 Å². The Balaban J connectivity index is 2.36. The van der Waals surface area contributed by atoms with E-state index in [9.17, 15) is 9.59 Å². The third-order valence-electron chi connectivity index (χ3n) is 2.52. The van der Waals surface area contributed by atoms with Crippen LogP contribution in [0.2, 0.25) is 0 Å². The number of carbonyl (C=O) groups is 2. The summed E-state index contributed by atoms with van der Waals surface area (Å²) in [7, 11) is 0. The van der Waals surface area contributed by atoms with Gasteiger partial charge in [0.1, 0.15) is 6.10 Å². The molecule has 1 aliphatic rings. The molecular formula is C12H18O4. The lowest BCUT2D eigenvalue weighted by Crippen LogP contribution is -2.20. The van der Waals surface area contributed by atoms with Gasteiger partial charge in [0.15, 0.2) is 0 Å². The van der Waals surface area contributed by atoms with Crippen LogP contribution >= 0.6 is 0 Å². The summed E-state index contributed by atoms with van der Waals surface area (Å²) in [4.78, 5) is 21.9. The van der Waals surface area contributed by atoms with Gasteiger partial charge < -0.3 is 9.47 Å². The largest absolute Gasteiger partial charge is 0.463 e. The van der Waals surface area contributed by atoms with E-state index >= 15 is 0 Å². The smallest absolute Gasteiger partial charge is 0.330 e. The number of allylic oxidation sites excluding steroid dienone is 1. The van der Waals surface area contributed by atoms with E-state index in [-0.39, 0.29) is 18.0 Å². The quantitative estimate of drug-likeness (QED) is 0.545. The molecule has 0 spiro atoms. The predicted molar refractivity (Wildman–Crippen MR) is 58.7 cm³/mol. The Kier molecular flexibility index (Phi) is 5.02. The zero-order valence-corrected chi connectivity index (χ0v) is 9.82. The van der Waals surface area contributed by atoms with E-state index in [1.807, 2.05) is 0 Å². The molecule has 0 heterocycles. The van der Waals surface area contributed by atoms with Gasteiger partial charge in [0.2, 0.25) is 0 Å². The lowest BCUT2D eigenvalue weighted by Gasteiger charge is -2.23. The van der Waals surface area contributed by atoms with Crippen molar-refractivity contribution in [3.05, 3.63) is 11.6 Å². The highest BCUT2D eigenvalue weighted by atomic mass is 16.5. The molecule has 0 bridgehead atoms. The Hall–Kier alpha value is -1.32. The van der Waals surface area contributed by atoms with Crippen molar-refractivity contribution in [2.24, 2.45) is 0 Å². The van der Waals surface area contributed by atoms with Crippen molar-refractivity contribution in [1.82, 2.24) is 0 Å². The van der Waals surface area contributed by atoms with Crippen molar-refractivity contribution in [1.29, 1.82) is 0 Å². The van der Waals surface area contributed by atoms with E-state index in [2.05, 4.69) is 0 Å². The van der Waals surface area contributed by atoms with Crippen LogP contribution in [0.4, 0.5) is 0 Å². The van der Waals surface area contributed by atoms with Crippen LogP contribution in [0.1, 0.15) is 39.5 Å². The summed E-state index contributed by atoms with van der Waals surface area (Å²) in [5.41, 5.74) is 1.09. The lowest BCUT2D eigenvalue weighted by molar-refractivity contribution is -0.147. The summed E-state index contributed by atoms with van der Waals surface area (Å²) in [6.07, 6.45) is 4.77. The van der Waals surface area contributed by atoms with Crippen molar-refractivity contribution in [3.8, 4) is 0 Å². The first-order valence-electron chi connectivity index (χ1n) is 5.65. The fourth-order valence-corrected chi connectivity index (χ4v) is 1.81. The van der Waals surface area contributed by atoms with Crippen LogP contribution in [0.3, 0.4) is 0 Å². The van der Waals surface area contributed by atoms with E-state index < -0.39 is 0 Å². The van der Waals surface area contributed by atoms with Gasteiger partial charge in [-0.25, -0.2) is 4.79 Å². The van der Waals surface area contributed by atoms with E-state index in [1.165, 1.54) is 6.92 Å². The van der Waals surface area contributed by atoms with E-state index in [0.717, 1.165) is 31.3 Å². The topological polar surface area (TPSA) is 52.6 Å². The van der Waals surface area contributed by atoms with Crippen molar-refractivity contribution in [2.75, 3.05) is 6.61 Å². The third-order valence-corrected chi connectivity index (χ3v) is 2.52. The molecule has 90 valence electrons. The van der Waals surface area contributed by atoms with Crippen LogP contribution in [0.25, 0.3) is 0 Å². The minimum atomic E-state index is -0.275. The highest BCUT2D eigenvalue weighted by Crippen LogP contribution is 2.25. The summed E-state index contributed by atoms with van der Waals surface area (Å²) >= 11 is 0. The maximum atomic E-state index is 11.2. The van der Waals surface area contributed by atoms with E-state index in [0.29, 0.717) is 6.61 Å². The fraction of sp³-hybridized carbons (Fsp3) is 0.667. The second-order valence-electron chi connectivity index (χ2n) is 3.86. The average Bonchev–Trinajstić information content (AvgIpc) is 2.20. The second-order valence-corrected chi connectivity index (χ2v) is 3.86. The molecule has 0 radical (unpaired) electrons. The van der Waals surface area contributed by atoms with Crippen LogP contribution in [0.5, 0.6) is 0 Å². The number of ether oxygens (including phenoxy) is 2. The van der Waals surface area contributed by atoms with Crippen LogP contribution < -0.4 is 0 Å². The molecule has 0 aromatic rings. The van der Waals surface area contributed by atoms with Gasteiger partial charge >= 0.3 is 11.9 Å². The summed E-state index contributed by atoms with van der Waals surface area (Å²) < 4.78 is 9.94. The first-order chi connectivity index (χ1) is 7.61. The number of rotatable bonds is 3. The fourth-order valence-electron chi connectivity index (χ4n) is 1.81. The molecule has 0 N–H and O–H groups in total. The number of carbonyl (C=O) groups excluding carboxylic acids is 2.